The Labute approximate surface area is 115 Å². The minimum atomic E-state index is 0.679. The minimum Gasteiger partial charge on any atom is -0.331 e. The summed E-state index contributed by atoms with van der Waals surface area (Å²) in [6.45, 7) is 1.03. The van der Waals surface area contributed by atoms with Gasteiger partial charge in [0.1, 0.15) is 5.82 Å². The lowest BCUT2D eigenvalue weighted by molar-refractivity contribution is 0.639. The van der Waals surface area contributed by atoms with Crippen LogP contribution in [0.15, 0.2) is 18.2 Å². The first-order valence-electron chi connectivity index (χ1n) is 7.39. The number of imidazole rings is 1. The number of aryl methyl sites for hydroxylation is 1. The molecule has 1 aliphatic rings. The molecule has 3 nitrogen and oxygen atoms in total. The Kier molecular flexibility index (Phi) is 3.56. The first-order chi connectivity index (χ1) is 9.29. The van der Waals surface area contributed by atoms with Crippen LogP contribution in [0.5, 0.6) is 0 Å². The van der Waals surface area contributed by atoms with Gasteiger partial charge in [0, 0.05) is 13.0 Å². The predicted octanol–water partition coefficient (Wildman–Crippen LogP) is 2.99. The summed E-state index contributed by atoms with van der Waals surface area (Å²) in [6.07, 6.45) is 6.42. The Balaban J connectivity index is 1.95. The molecule has 3 rings (SSSR count). The molecule has 19 heavy (non-hydrogen) atoms. The number of benzene rings is 1. The van der Waals surface area contributed by atoms with Crippen LogP contribution in [-0.2, 0) is 13.5 Å². The van der Waals surface area contributed by atoms with Gasteiger partial charge >= 0.3 is 0 Å². The van der Waals surface area contributed by atoms with E-state index in [4.69, 9.17) is 4.98 Å². The van der Waals surface area contributed by atoms with Gasteiger partial charge < -0.3 is 9.88 Å². The van der Waals surface area contributed by atoms with Crippen LogP contribution in [0.25, 0.3) is 11.0 Å². The van der Waals surface area contributed by atoms with Gasteiger partial charge in [0.15, 0.2) is 0 Å². The van der Waals surface area contributed by atoms with Crippen LogP contribution in [0.4, 0.5) is 0 Å². The highest BCUT2D eigenvalue weighted by atomic mass is 15.1. The van der Waals surface area contributed by atoms with E-state index in [-0.39, 0.29) is 0 Å². The fraction of sp³-hybridized carbons (Fsp3) is 0.562. The Hall–Kier alpha value is -1.35. The van der Waals surface area contributed by atoms with Gasteiger partial charge in [-0.3, -0.25) is 0 Å². The Bertz CT molecular complexity index is 565. The molecule has 102 valence electrons. The lowest BCUT2D eigenvalue weighted by Crippen LogP contribution is -2.10. The number of likely N-dealkylation sites (N-methyl/N-ethyl adjacent to an activating group) is 1. The minimum absolute atomic E-state index is 0.679. The number of nitrogens with one attached hydrogen (secondary N) is 1. The lowest BCUT2D eigenvalue weighted by Gasteiger charge is -2.08. The third-order valence-electron chi connectivity index (χ3n) is 4.36. The molecule has 0 radical (unpaired) electrons. The van der Waals surface area contributed by atoms with Crippen LogP contribution >= 0.6 is 0 Å². The Morgan fingerprint density at radius 1 is 1.32 bits per heavy atom. The van der Waals surface area contributed by atoms with Crippen LogP contribution in [0.1, 0.15) is 43.0 Å². The van der Waals surface area contributed by atoms with Gasteiger partial charge in [0.2, 0.25) is 0 Å². The largest absolute Gasteiger partial charge is 0.331 e. The standard InChI is InChI=1S/C16H23N3/c1-17-10-9-12-7-8-14-15(11-12)19(2)16(18-14)13-5-3-4-6-13/h7-8,11,13,17H,3-6,9-10H2,1-2H3. The van der Waals surface area contributed by atoms with E-state index in [9.17, 15) is 0 Å². The van der Waals surface area contributed by atoms with Crippen LogP contribution in [-0.4, -0.2) is 23.1 Å². The predicted molar refractivity (Wildman–Crippen MR) is 79.6 cm³/mol. The summed E-state index contributed by atoms with van der Waals surface area (Å²) in [6, 6.07) is 6.70. The number of aromatic nitrogens is 2. The molecule has 0 spiro atoms. The second-order valence-electron chi connectivity index (χ2n) is 5.69. The zero-order valence-corrected chi connectivity index (χ0v) is 11.9. The van der Waals surface area contributed by atoms with Crippen molar-refractivity contribution in [1.82, 2.24) is 14.9 Å². The quantitative estimate of drug-likeness (QED) is 0.912. The van der Waals surface area contributed by atoms with Crippen molar-refractivity contribution in [3.8, 4) is 0 Å². The first-order valence-corrected chi connectivity index (χ1v) is 7.39. The van der Waals surface area contributed by atoms with E-state index in [1.165, 1.54) is 42.6 Å². The molecule has 1 aliphatic carbocycles. The highest BCUT2D eigenvalue weighted by molar-refractivity contribution is 5.77. The number of hydrogen-bond acceptors (Lipinski definition) is 2. The van der Waals surface area contributed by atoms with Crippen molar-refractivity contribution in [2.24, 2.45) is 7.05 Å². The molecule has 0 amide bonds. The van der Waals surface area contributed by atoms with Gasteiger partial charge in [-0.15, -0.1) is 0 Å². The fourth-order valence-electron chi connectivity index (χ4n) is 3.23. The Morgan fingerprint density at radius 3 is 2.84 bits per heavy atom. The van der Waals surface area contributed by atoms with Crippen molar-refractivity contribution in [3.63, 3.8) is 0 Å². The van der Waals surface area contributed by atoms with Crippen molar-refractivity contribution >= 4 is 11.0 Å². The summed E-state index contributed by atoms with van der Waals surface area (Å²) in [5.74, 6) is 1.97. The van der Waals surface area contributed by atoms with E-state index in [0.29, 0.717) is 5.92 Å². The topological polar surface area (TPSA) is 29.9 Å². The first kappa shape index (κ1) is 12.7. The second kappa shape index (κ2) is 5.33. The van der Waals surface area contributed by atoms with Crippen molar-refractivity contribution in [1.29, 1.82) is 0 Å². The number of fused-ring (bicyclic) bond motifs is 1. The van der Waals surface area contributed by atoms with Crippen molar-refractivity contribution in [2.75, 3.05) is 13.6 Å². The van der Waals surface area contributed by atoms with Crippen molar-refractivity contribution in [3.05, 3.63) is 29.6 Å². The van der Waals surface area contributed by atoms with E-state index < -0.39 is 0 Å². The molecule has 1 fully saturated rings. The van der Waals surface area contributed by atoms with Crippen LogP contribution < -0.4 is 5.32 Å². The van der Waals surface area contributed by atoms with Gasteiger partial charge in [0.05, 0.1) is 11.0 Å². The van der Waals surface area contributed by atoms with Gasteiger partial charge in [0.25, 0.3) is 0 Å². The monoisotopic (exact) mass is 257 g/mol. The second-order valence-corrected chi connectivity index (χ2v) is 5.69. The molecular formula is C16H23N3. The van der Waals surface area contributed by atoms with E-state index >= 15 is 0 Å². The zero-order chi connectivity index (χ0) is 13.2. The van der Waals surface area contributed by atoms with Crippen molar-refractivity contribution in [2.45, 2.75) is 38.0 Å². The van der Waals surface area contributed by atoms with Gasteiger partial charge in [-0.25, -0.2) is 4.98 Å². The third kappa shape index (κ3) is 2.39. The summed E-state index contributed by atoms with van der Waals surface area (Å²) in [5, 5.41) is 3.21. The molecule has 1 aromatic heterocycles. The molecule has 2 aromatic rings. The average molecular weight is 257 g/mol. The smallest absolute Gasteiger partial charge is 0.112 e. The molecule has 0 unspecified atom stereocenters. The van der Waals surface area contributed by atoms with Crippen LogP contribution in [0.2, 0.25) is 0 Å². The van der Waals surface area contributed by atoms with E-state index in [1.54, 1.807) is 0 Å². The Morgan fingerprint density at radius 2 is 2.11 bits per heavy atom. The molecule has 1 heterocycles. The molecule has 1 aromatic carbocycles. The highest BCUT2D eigenvalue weighted by Crippen LogP contribution is 2.34. The normalized spacial score (nSPS) is 16.5. The molecular weight excluding hydrogens is 234 g/mol. The van der Waals surface area contributed by atoms with Gasteiger partial charge in [-0.1, -0.05) is 18.9 Å². The molecule has 0 aliphatic heterocycles. The van der Waals surface area contributed by atoms with E-state index in [1.807, 2.05) is 7.05 Å². The molecule has 1 N–H and O–H groups in total. The average Bonchev–Trinajstić information content (AvgIpc) is 3.05. The van der Waals surface area contributed by atoms with E-state index in [2.05, 4.69) is 35.1 Å². The third-order valence-corrected chi connectivity index (χ3v) is 4.36. The molecule has 3 heteroatoms. The maximum atomic E-state index is 4.86. The zero-order valence-electron chi connectivity index (χ0n) is 11.9. The summed E-state index contributed by atoms with van der Waals surface area (Å²) in [5.41, 5.74) is 3.83. The maximum absolute atomic E-state index is 4.86. The maximum Gasteiger partial charge on any atom is 0.112 e. The fourth-order valence-corrected chi connectivity index (χ4v) is 3.23. The number of nitrogens with zero attached hydrogens (tertiary/aromatic N) is 2. The number of rotatable bonds is 4. The van der Waals surface area contributed by atoms with Gasteiger partial charge in [-0.05, 0) is 50.6 Å². The molecule has 0 atom stereocenters. The highest BCUT2D eigenvalue weighted by Gasteiger charge is 2.22. The van der Waals surface area contributed by atoms with Crippen LogP contribution in [0.3, 0.4) is 0 Å². The van der Waals surface area contributed by atoms with E-state index in [0.717, 1.165) is 18.5 Å². The molecule has 1 saturated carbocycles. The van der Waals surface area contributed by atoms with Gasteiger partial charge in [-0.2, -0.15) is 0 Å². The summed E-state index contributed by atoms with van der Waals surface area (Å²) in [4.78, 5) is 4.86. The number of hydrogen-bond donors (Lipinski definition) is 1. The van der Waals surface area contributed by atoms with Crippen LogP contribution in [0, 0.1) is 0 Å². The molecule has 0 bridgehead atoms. The molecule has 0 saturated heterocycles. The SMILES string of the molecule is CNCCc1ccc2nc(C3CCCC3)n(C)c2c1. The van der Waals surface area contributed by atoms with Crippen molar-refractivity contribution < 1.29 is 0 Å². The summed E-state index contributed by atoms with van der Waals surface area (Å²) < 4.78 is 2.31. The lowest BCUT2D eigenvalue weighted by atomic mass is 10.1. The summed E-state index contributed by atoms with van der Waals surface area (Å²) >= 11 is 0. The summed E-state index contributed by atoms with van der Waals surface area (Å²) in [7, 11) is 4.17.